The van der Waals surface area contributed by atoms with Crippen molar-refractivity contribution in [2.45, 2.75) is 38.2 Å². The van der Waals surface area contributed by atoms with Crippen LogP contribution < -0.4 is 4.72 Å². The van der Waals surface area contributed by atoms with Crippen molar-refractivity contribution in [2.75, 3.05) is 11.5 Å². The average Bonchev–Trinajstić information content (AvgIpc) is 2.44. The van der Waals surface area contributed by atoms with Crippen LogP contribution in [0.1, 0.15) is 26.3 Å². The van der Waals surface area contributed by atoms with Crippen molar-refractivity contribution in [2.24, 2.45) is 0 Å². The quantitative estimate of drug-likeness (QED) is 0.618. The van der Waals surface area contributed by atoms with Crippen molar-refractivity contribution in [3.05, 3.63) is 35.9 Å². The Labute approximate surface area is 152 Å². The lowest BCUT2D eigenvalue weighted by Crippen LogP contribution is -2.43. The standard InChI is InChI=1S/C16H23NO6S2/c1-16(2,3)23-14(18)10-24-9-13(15(19)20)17-25(21,22)11-12-7-5-4-6-8-12/h4-8,13,17H,9-11H2,1-3H3,(H,19,20)/t13-/m0/s1. The number of nitrogens with one attached hydrogen (secondary N) is 1. The number of carbonyl (C=O) groups is 2. The van der Waals surface area contributed by atoms with Crippen LogP contribution in [0.5, 0.6) is 0 Å². The highest BCUT2D eigenvalue weighted by atomic mass is 32.2. The molecule has 0 radical (unpaired) electrons. The summed E-state index contributed by atoms with van der Waals surface area (Å²) < 4.78 is 31.5. The Hall–Kier alpha value is -1.58. The molecule has 1 atom stereocenters. The van der Waals surface area contributed by atoms with Gasteiger partial charge in [0.25, 0.3) is 0 Å². The Morgan fingerprint density at radius 2 is 1.84 bits per heavy atom. The van der Waals surface area contributed by atoms with Crippen LogP contribution in [0.2, 0.25) is 0 Å². The molecule has 0 aromatic heterocycles. The maximum absolute atomic E-state index is 12.1. The van der Waals surface area contributed by atoms with Gasteiger partial charge in [0, 0.05) is 5.75 Å². The largest absolute Gasteiger partial charge is 0.480 e. The highest BCUT2D eigenvalue weighted by Gasteiger charge is 2.25. The smallest absolute Gasteiger partial charge is 0.322 e. The number of carbonyl (C=O) groups excluding carboxylic acids is 1. The van der Waals surface area contributed by atoms with Crippen LogP contribution in [0.3, 0.4) is 0 Å². The van der Waals surface area contributed by atoms with Crippen LogP contribution in [0.25, 0.3) is 0 Å². The molecule has 1 rings (SSSR count). The number of hydrogen-bond acceptors (Lipinski definition) is 6. The second-order valence-electron chi connectivity index (χ2n) is 6.35. The molecule has 2 N–H and O–H groups in total. The molecule has 0 amide bonds. The van der Waals surface area contributed by atoms with E-state index in [0.29, 0.717) is 5.56 Å². The summed E-state index contributed by atoms with van der Waals surface area (Å²) in [5, 5.41) is 9.20. The molecular weight excluding hydrogens is 366 g/mol. The van der Waals surface area contributed by atoms with Gasteiger partial charge in [-0.3, -0.25) is 9.59 Å². The molecule has 0 saturated carbocycles. The van der Waals surface area contributed by atoms with Gasteiger partial charge in [-0.05, 0) is 26.3 Å². The van der Waals surface area contributed by atoms with Gasteiger partial charge in [-0.25, -0.2) is 8.42 Å². The molecule has 9 heteroatoms. The van der Waals surface area contributed by atoms with Crippen molar-refractivity contribution in [1.29, 1.82) is 0 Å². The monoisotopic (exact) mass is 389 g/mol. The van der Waals surface area contributed by atoms with Gasteiger partial charge < -0.3 is 9.84 Å². The maximum Gasteiger partial charge on any atom is 0.322 e. The molecule has 0 unspecified atom stereocenters. The van der Waals surface area contributed by atoms with Gasteiger partial charge in [0.15, 0.2) is 0 Å². The lowest BCUT2D eigenvalue weighted by Gasteiger charge is -2.19. The zero-order valence-electron chi connectivity index (χ0n) is 14.4. The first-order chi connectivity index (χ1) is 11.5. The van der Waals surface area contributed by atoms with Crippen molar-refractivity contribution in [3.8, 4) is 0 Å². The molecule has 140 valence electrons. The number of benzene rings is 1. The fourth-order valence-electron chi connectivity index (χ4n) is 1.84. The summed E-state index contributed by atoms with van der Waals surface area (Å²) >= 11 is 1.00. The third-order valence-corrected chi connectivity index (χ3v) is 5.11. The molecule has 0 heterocycles. The molecule has 25 heavy (non-hydrogen) atoms. The van der Waals surface area contributed by atoms with Gasteiger partial charge in [-0.2, -0.15) is 4.72 Å². The van der Waals surface area contributed by atoms with E-state index < -0.39 is 33.6 Å². The number of carboxylic acid groups (broad SMARTS) is 1. The molecular formula is C16H23NO6S2. The molecule has 0 aliphatic carbocycles. The highest BCUT2D eigenvalue weighted by molar-refractivity contribution is 8.00. The number of hydrogen-bond donors (Lipinski definition) is 2. The molecule has 0 fully saturated rings. The fraction of sp³-hybridized carbons (Fsp3) is 0.500. The summed E-state index contributed by atoms with van der Waals surface area (Å²) in [6.45, 7) is 5.19. The third-order valence-electron chi connectivity index (χ3n) is 2.74. The van der Waals surface area contributed by atoms with E-state index in [1.807, 2.05) is 0 Å². The maximum atomic E-state index is 12.1. The third kappa shape index (κ3) is 9.47. The minimum atomic E-state index is -3.82. The van der Waals surface area contributed by atoms with Crippen LogP contribution in [0.4, 0.5) is 0 Å². The topological polar surface area (TPSA) is 110 Å². The van der Waals surface area contributed by atoms with E-state index >= 15 is 0 Å². The van der Waals surface area contributed by atoms with Crippen molar-refractivity contribution < 1.29 is 27.9 Å². The van der Waals surface area contributed by atoms with E-state index in [-0.39, 0.29) is 17.3 Å². The van der Waals surface area contributed by atoms with Gasteiger partial charge in [-0.15, -0.1) is 11.8 Å². The Balaban J connectivity index is 2.56. The molecule has 1 aromatic carbocycles. The molecule has 0 aliphatic heterocycles. The van der Waals surface area contributed by atoms with Gasteiger partial charge in [-0.1, -0.05) is 30.3 Å². The Morgan fingerprint density at radius 3 is 2.36 bits per heavy atom. The molecule has 7 nitrogen and oxygen atoms in total. The van der Waals surface area contributed by atoms with E-state index in [1.165, 1.54) is 0 Å². The lowest BCUT2D eigenvalue weighted by molar-refractivity contribution is -0.151. The number of ether oxygens (including phenoxy) is 1. The second-order valence-corrected chi connectivity index (χ2v) is 9.14. The van der Waals surface area contributed by atoms with Crippen LogP contribution in [-0.2, 0) is 30.1 Å². The van der Waals surface area contributed by atoms with Crippen molar-refractivity contribution in [3.63, 3.8) is 0 Å². The SMILES string of the molecule is CC(C)(C)OC(=O)CSC[C@H](NS(=O)(=O)Cc1ccccc1)C(=O)O. The average molecular weight is 389 g/mol. The lowest BCUT2D eigenvalue weighted by atomic mass is 10.2. The Kier molecular flexibility index (Phi) is 7.91. The van der Waals surface area contributed by atoms with Gasteiger partial charge in [0.1, 0.15) is 11.6 Å². The first-order valence-corrected chi connectivity index (χ1v) is 10.4. The summed E-state index contributed by atoms with van der Waals surface area (Å²) in [5.41, 5.74) is -0.0678. The van der Waals surface area contributed by atoms with Crippen molar-refractivity contribution in [1.82, 2.24) is 4.72 Å². The van der Waals surface area contributed by atoms with Crippen LogP contribution in [0, 0.1) is 0 Å². The molecule has 0 spiro atoms. The summed E-state index contributed by atoms with van der Waals surface area (Å²) in [4.78, 5) is 22.9. The second kappa shape index (κ2) is 9.21. The van der Waals surface area contributed by atoms with E-state index in [0.717, 1.165) is 11.8 Å². The number of thioether (sulfide) groups is 1. The first kappa shape index (κ1) is 21.5. The minimum Gasteiger partial charge on any atom is -0.480 e. The fourth-order valence-corrected chi connectivity index (χ4v) is 4.08. The number of aliphatic carboxylic acids is 1. The number of carboxylic acids is 1. The minimum absolute atomic E-state index is 0.0541. The summed E-state index contributed by atoms with van der Waals surface area (Å²) in [6, 6.07) is 7.14. The van der Waals surface area contributed by atoms with Crippen LogP contribution in [0.15, 0.2) is 30.3 Å². The van der Waals surface area contributed by atoms with E-state index in [4.69, 9.17) is 4.74 Å². The van der Waals surface area contributed by atoms with Crippen molar-refractivity contribution >= 4 is 33.7 Å². The summed E-state index contributed by atoms with van der Waals surface area (Å²) in [6.07, 6.45) is 0. The Bertz CT molecular complexity index is 682. The normalized spacial score (nSPS) is 13.2. The van der Waals surface area contributed by atoms with Crippen LogP contribution >= 0.6 is 11.8 Å². The van der Waals surface area contributed by atoms with E-state index in [1.54, 1.807) is 51.1 Å². The van der Waals surface area contributed by atoms with Gasteiger partial charge >= 0.3 is 11.9 Å². The van der Waals surface area contributed by atoms with Gasteiger partial charge in [0.05, 0.1) is 11.5 Å². The van der Waals surface area contributed by atoms with Crippen LogP contribution in [-0.4, -0.2) is 48.6 Å². The molecule has 1 aromatic rings. The summed E-state index contributed by atoms with van der Waals surface area (Å²) in [7, 11) is -3.82. The number of sulfonamides is 1. The predicted molar refractivity (Wildman–Crippen MR) is 96.8 cm³/mol. The summed E-state index contributed by atoms with van der Waals surface area (Å²) in [5.74, 6) is -2.22. The van der Waals surface area contributed by atoms with E-state index in [2.05, 4.69) is 4.72 Å². The first-order valence-electron chi connectivity index (χ1n) is 7.55. The number of esters is 1. The molecule has 0 aliphatic rings. The molecule has 0 saturated heterocycles. The van der Waals surface area contributed by atoms with E-state index in [9.17, 15) is 23.1 Å². The predicted octanol–water partition coefficient (Wildman–Crippen LogP) is 1.63. The highest BCUT2D eigenvalue weighted by Crippen LogP contribution is 2.12. The zero-order valence-corrected chi connectivity index (χ0v) is 16.0. The zero-order chi connectivity index (χ0) is 19.1. The Morgan fingerprint density at radius 1 is 1.24 bits per heavy atom. The van der Waals surface area contributed by atoms with Gasteiger partial charge in [0.2, 0.25) is 10.0 Å². The molecule has 0 bridgehead atoms. The number of rotatable bonds is 9.